The number of rotatable bonds is 31. The molecule has 1 fully saturated rings. The number of benzene rings is 1. The van der Waals surface area contributed by atoms with E-state index < -0.39 is 42.2 Å². The summed E-state index contributed by atoms with van der Waals surface area (Å²) in [6.45, 7) is 24.1. The predicted molar refractivity (Wildman–Crippen MR) is 256 cm³/mol. The first-order valence-electron chi connectivity index (χ1n) is 24.3. The number of ketones is 3. The Morgan fingerprint density at radius 1 is 0.800 bits per heavy atom. The molecule has 0 radical (unpaired) electrons. The van der Waals surface area contributed by atoms with Gasteiger partial charge in [-0.3, -0.25) is 28.9 Å². The number of hydrogen-bond acceptors (Lipinski definition) is 11. The van der Waals surface area contributed by atoms with E-state index in [2.05, 4.69) is 13.8 Å². The first kappa shape index (κ1) is 58.1. The van der Waals surface area contributed by atoms with E-state index in [1.807, 2.05) is 109 Å². The Labute approximate surface area is 393 Å². The molecule has 0 aliphatic carbocycles. The molecule has 1 aliphatic rings. The zero-order valence-corrected chi connectivity index (χ0v) is 43.0. The lowest BCUT2D eigenvalue weighted by atomic mass is 9.83. The van der Waals surface area contributed by atoms with E-state index in [9.17, 15) is 29.1 Å². The highest BCUT2D eigenvalue weighted by molar-refractivity contribution is 5.90. The second kappa shape index (κ2) is 28.3. The molecule has 1 N–H and O–H groups in total. The van der Waals surface area contributed by atoms with Gasteiger partial charge in [0.2, 0.25) is 11.8 Å². The Morgan fingerprint density at radius 3 is 1.95 bits per heavy atom. The highest BCUT2D eigenvalue weighted by atomic mass is 16.5. The number of methoxy groups -OCH3 is 2. The van der Waals surface area contributed by atoms with Crippen molar-refractivity contribution in [1.82, 2.24) is 14.7 Å². The SMILES string of the molecule is CCC(C)[C@@H]([C@@H](CC(=O)N1CCCC1[C@H](OC)[C@@H](C)C(=O)C[C@H](C)[C@@H](O)c1ccccc1)OC)N(C)C(=O)[C@@H](CC(=O)[C@H](C(C)C)N(C)CCOCCOCCC(=O)C(C)(C)C)C(C)C. The quantitative estimate of drug-likeness (QED) is 0.0740. The van der Waals surface area contributed by atoms with Crippen LogP contribution in [0.1, 0.15) is 133 Å². The maximum Gasteiger partial charge on any atom is 0.226 e. The summed E-state index contributed by atoms with van der Waals surface area (Å²) in [7, 11) is 6.85. The maximum atomic E-state index is 14.6. The normalized spacial score (nSPS) is 18.8. The van der Waals surface area contributed by atoms with Gasteiger partial charge in [-0.05, 0) is 49.1 Å². The minimum atomic E-state index is -0.778. The molecule has 1 aromatic rings. The van der Waals surface area contributed by atoms with Crippen LogP contribution < -0.4 is 0 Å². The highest BCUT2D eigenvalue weighted by Gasteiger charge is 2.43. The van der Waals surface area contributed by atoms with Crippen LogP contribution in [0.4, 0.5) is 0 Å². The van der Waals surface area contributed by atoms with Crippen LogP contribution in [0.2, 0.25) is 0 Å². The Hall–Kier alpha value is -3.07. The number of aliphatic hydroxyl groups is 1. The molecule has 0 saturated carbocycles. The van der Waals surface area contributed by atoms with Gasteiger partial charge in [0, 0.05) is 70.9 Å². The summed E-state index contributed by atoms with van der Waals surface area (Å²) in [5.74, 6) is -1.68. The minimum absolute atomic E-state index is 0.00194. The van der Waals surface area contributed by atoms with Gasteiger partial charge in [0.25, 0.3) is 0 Å². The lowest BCUT2D eigenvalue weighted by Gasteiger charge is -2.41. The van der Waals surface area contributed by atoms with Gasteiger partial charge in [0.15, 0.2) is 5.78 Å². The molecule has 0 aromatic heterocycles. The second-order valence-electron chi connectivity index (χ2n) is 20.4. The fourth-order valence-corrected chi connectivity index (χ4v) is 9.48. The zero-order chi connectivity index (χ0) is 49.2. The summed E-state index contributed by atoms with van der Waals surface area (Å²) in [5, 5.41) is 11.0. The van der Waals surface area contributed by atoms with Gasteiger partial charge >= 0.3 is 0 Å². The van der Waals surface area contributed by atoms with Crippen LogP contribution >= 0.6 is 0 Å². The molecule has 1 heterocycles. The summed E-state index contributed by atoms with van der Waals surface area (Å²) < 4.78 is 23.5. The van der Waals surface area contributed by atoms with Crippen LogP contribution in [0.5, 0.6) is 0 Å². The van der Waals surface area contributed by atoms with Crippen molar-refractivity contribution in [2.75, 3.05) is 67.8 Å². The molecule has 1 aliphatic heterocycles. The lowest BCUT2D eigenvalue weighted by molar-refractivity contribution is -0.149. The van der Waals surface area contributed by atoms with Crippen LogP contribution in [0.3, 0.4) is 0 Å². The van der Waals surface area contributed by atoms with Crippen LogP contribution in [-0.2, 0) is 42.9 Å². The molecular weight excluding hydrogens is 827 g/mol. The first-order chi connectivity index (χ1) is 30.5. The number of ether oxygens (including phenoxy) is 4. The van der Waals surface area contributed by atoms with Crippen molar-refractivity contribution < 1.29 is 48.0 Å². The number of nitrogens with zero attached hydrogens (tertiary/aromatic N) is 3. The Balaban J connectivity index is 2.14. The Morgan fingerprint density at radius 2 is 1.42 bits per heavy atom. The molecule has 0 bridgehead atoms. The number of likely N-dealkylation sites (tertiary alicyclic amines) is 1. The monoisotopic (exact) mass is 916 g/mol. The number of aliphatic hydroxyl groups excluding tert-OH is 1. The first-order valence-corrected chi connectivity index (χ1v) is 24.3. The van der Waals surface area contributed by atoms with Crippen molar-refractivity contribution in [3.63, 3.8) is 0 Å². The van der Waals surface area contributed by atoms with Crippen LogP contribution in [0.15, 0.2) is 30.3 Å². The summed E-state index contributed by atoms with van der Waals surface area (Å²) in [6.07, 6.45) is 0.927. The Kier molecular flexibility index (Phi) is 25.3. The van der Waals surface area contributed by atoms with Crippen molar-refractivity contribution in [1.29, 1.82) is 0 Å². The van der Waals surface area contributed by atoms with E-state index >= 15 is 0 Å². The molecule has 1 aromatic carbocycles. The highest BCUT2D eigenvalue weighted by Crippen LogP contribution is 2.33. The molecule has 2 amide bonds. The van der Waals surface area contributed by atoms with Crippen molar-refractivity contribution >= 4 is 29.2 Å². The standard InChI is InChI=1S/C52H89N3O10/c1-16-36(6)48(44(62-14)33-46(59)55-25-20-23-41(55)50(63-15)38(8)42(56)31-37(7)49(60)39-21-18-17-19-22-39)54(13)51(61)40(34(2)3)32-43(57)47(35(4)5)53(12)26-28-65-30-29-64-27-24-45(58)52(9,10)11/h17-19,21-22,34-38,40-41,44,47-50,60H,16,20,23-33H2,1-15H3/t36?,37-,38-,40-,41?,44+,47-,48-,49+,50+/m0/s1. The van der Waals surface area contributed by atoms with Crippen molar-refractivity contribution in [2.24, 2.45) is 40.9 Å². The molecule has 2 rings (SSSR count). The third kappa shape index (κ3) is 17.5. The molecule has 13 nitrogen and oxygen atoms in total. The van der Waals surface area contributed by atoms with Crippen LogP contribution in [0.25, 0.3) is 0 Å². The number of carbonyl (C=O) groups excluding carboxylic acids is 5. The van der Waals surface area contributed by atoms with Gasteiger partial charge in [-0.1, -0.05) is 113 Å². The largest absolute Gasteiger partial charge is 0.388 e. The van der Waals surface area contributed by atoms with E-state index in [-0.39, 0.29) is 83.6 Å². The molecule has 10 atom stereocenters. The predicted octanol–water partition coefficient (Wildman–Crippen LogP) is 7.46. The minimum Gasteiger partial charge on any atom is -0.388 e. The average Bonchev–Trinajstić information content (AvgIpc) is 3.75. The van der Waals surface area contributed by atoms with Gasteiger partial charge in [-0.15, -0.1) is 0 Å². The van der Waals surface area contributed by atoms with Gasteiger partial charge in [-0.2, -0.15) is 0 Å². The topological polar surface area (TPSA) is 152 Å². The number of amides is 2. The smallest absolute Gasteiger partial charge is 0.226 e. The number of Topliss-reactive ketones (excluding diaryl/α,β-unsaturated/α-hetero) is 3. The molecule has 372 valence electrons. The van der Waals surface area contributed by atoms with Gasteiger partial charge in [0.1, 0.15) is 11.6 Å². The summed E-state index contributed by atoms with van der Waals surface area (Å²) in [4.78, 5) is 74.5. The maximum absolute atomic E-state index is 14.6. The van der Waals surface area contributed by atoms with Gasteiger partial charge in [-0.25, -0.2) is 0 Å². The van der Waals surface area contributed by atoms with Crippen molar-refractivity contribution in [2.45, 2.75) is 158 Å². The van der Waals surface area contributed by atoms with Crippen molar-refractivity contribution in [3.8, 4) is 0 Å². The second-order valence-corrected chi connectivity index (χ2v) is 20.4. The summed E-state index contributed by atoms with van der Waals surface area (Å²) in [6, 6.07) is 8.16. The molecular formula is C52H89N3O10. The third-order valence-corrected chi connectivity index (χ3v) is 13.8. The number of hydrogen-bond donors (Lipinski definition) is 1. The average molecular weight is 916 g/mol. The van der Waals surface area contributed by atoms with Gasteiger partial charge < -0.3 is 33.9 Å². The molecule has 65 heavy (non-hydrogen) atoms. The molecule has 13 heteroatoms. The van der Waals surface area contributed by atoms with Gasteiger partial charge in [0.05, 0.1) is 69.3 Å². The Bertz CT molecular complexity index is 1600. The van der Waals surface area contributed by atoms with E-state index in [0.29, 0.717) is 52.4 Å². The van der Waals surface area contributed by atoms with E-state index in [1.165, 1.54) is 0 Å². The fourth-order valence-electron chi connectivity index (χ4n) is 9.48. The molecule has 2 unspecified atom stereocenters. The fraction of sp³-hybridized carbons (Fsp3) is 0.788. The lowest BCUT2D eigenvalue weighted by Crippen LogP contribution is -2.54. The van der Waals surface area contributed by atoms with Crippen LogP contribution in [0, 0.1) is 40.9 Å². The third-order valence-electron chi connectivity index (χ3n) is 13.8. The molecule has 1 saturated heterocycles. The molecule has 0 spiro atoms. The summed E-state index contributed by atoms with van der Waals surface area (Å²) in [5.41, 5.74) is 0.385. The van der Waals surface area contributed by atoms with E-state index in [4.69, 9.17) is 18.9 Å². The van der Waals surface area contributed by atoms with Crippen molar-refractivity contribution in [3.05, 3.63) is 35.9 Å². The zero-order valence-electron chi connectivity index (χ0n) is 43.0. The van der Waals surface area contributed by atoms with E-state index in [1.54, 1.807) is 26.2 Å². The van der Waals surface area contributed by atoms with Crippen LogP contribution in [-0.4, -0.2) is 147 Å². The summed E-state index contributed by atoms with van der Waals surface area (Å²) >= 11 is 0. The number of carbonyl (C=O) groups is 5. The number of likely N-dealkylation sites (N-methyl/N-ethyl adjacent to an activating group) is 2. The van der Waals surface area contributed by atoms with E-state index in [0.717, 1.165) is 18.4 Å².